The molecule has 166 valence electrons. The van der Waals surface area contributed by atoms with Gasteiger partial charge in [0.2, 0.25) is 5.91 Å². The minimum atomic E-state index is -0.291. The van der Waals surface area contributed by atoms with E-state index >= 15 is 0 Å². The SMILES string of the molecule is CSc1nc(C2CC2)cc(C(=O)Nc2cccc(CN3CCC(C(N)=O)CC3)c2)c1C#N. The summed E-state index contributed by atoms with van der Waals surface area (Å²) in [5.41, 5.74) is 8.80. The van der Waals surface area contributed by atoms with Gasteiger partial charge in [0.25, 0.3) is 5.91 Å². The molecule has 2 fully saturated rings. The highest BCUT2D eigenvalue weighted by molar-refractivity contribution is 7.98. The van der Waals surface area contributed by atoms with Crippen LogP contribution in [0.2, 0.25) is 0 Å². The first-order chi connectivity index (χ1) is 15.5. The Morgan fingerprint density at radius 2 is 2.00 bits per heavy atom. The molecule has 2 heterocycles. The first-order valence-corrected chi connectivity index (χ1v) is 12.1. The van der Waals surface area contributed by atoms with Gasteiger partial charge in [0.15, 0.2) is 0 Å². The van der Waals surface area contributed by atoms with E-state index in [2.05, 4.69) is 21.3 Å². The van der Waals surface area contributed by atoms with Crippen LogP contribution >= 0.6 is 11.8 Å². The Hall–Kier alpha value is -2.89. The molecule has 1 saturated heterocycles. The van der Waals surface area contributed by atoms with E-state index < -0.39 is 0 Å². The van der Waals surface area contributed by atoms with Crippen LogP contribution in [0.3, 0.4) is 0 Å². The summed E-state index contributed by atoms with van der Waals surface area (Å²) in [5.74, 6) is -0.141. The lowest BCUT2D eigenvalue weighted by Crippen LogP contribution is -2.38. The van der Waals surface area contributed by atoms with Gasteiger partial charge in [0.05, 0.1) is 11.1 Å². The molecule has 3 N–H and O–H groups in total. The van der Waals surface area contributed by atoms with Gasteiger partial charge in [-0.1, -0.05) is 12.1 Å². The van der Waals surface area contributed by atoms with Crippen molar-refractivity contribution in [2.45, 2.75) is 43.2 Å². The normalized spacial score (nSPS) is 17.0. The molecule has 7 nitrogen and oxygen atoms in total. The van der Waals surface area contributed by atoms with Gasteiger partial charge in [-0.3, -0.25) is 14.5 Å². The molecule has 1 aromatic heterocycles. The largest absolute Gasteiger partial charge is 0.369 e. The summed E-state index contributed by atoms with van der Waals surface area (Å²) in [6.45, 7) is 2.40. The number of aromatic nitrogens is 1. The molecular weight excluding hydrogens is 422 g/mol. The molecule has 1 aromatic carbocycles. The summed E-state index contributed by atoms with van der Waals surface area (Å²) in [4.78, 5) is 31.4. The Balaban J connectivity index is 1.47. The molecule has 4 rings (SSSR count). The number of anilines is 1. The van der Waals surface area contributed by atoms with Gasteiger partial charge >= 0.3 is 0 Å². The van der Waals surface area contributed by atoms with Crippen LogP contribution in [-0.2, 0) is 11.3 Å². The second kappa shape index (κ2) is 9.72. The summed E-state index contributed by atoms with van der Waals surface area (Å²) >= 11 is 1.39. The van der Waals surface area contributed by atoms with E-state index in [9.17, 15) is 14.9 Å². The number of nitrogens with one attached hydrogen (secondary N) is 1. The summed E-state index contributed by atoms with van der Waals surface area (Å²) in [6.07, 6.45) is 5.59. The van der Waals surface area contributed by atoms with Gasteiger partial charge in [-0.2, -0.15) is 5.26 Å². The zero-order chi connectivity index (χ0) is 22.7. The molecule has 0 bridgehead atoms. The maximum atomic E-state index is 13.1. The fourth-order valence-electron chi connectivity index (χ4n) is 4.14. The predicted octanol–water partition coefficient (Wildman–Crippen LogP) is 3.50. The monoisotopic (exact) mass is 449 g/mol. The number of rotatable bonds is 7. The lowest BCUT2D eigenvalue weighted by molar-refractivity contribution is -0.123. The lowest BCUT2D eigenvalue weighted by Gasteiger charge is -2.30. The maximum absolute atomic E-state index is 13.1. The number of thioether (sulfide) groups is 1. The number of pyridine rings is 1. The Bertz CT molecular complexity index is 1070. The average Bonchev–Trinajstić information content (AvgIpc) is 3.64. The quantitative estimate of drug-likeness (QED) is 0.626. The van der Waals surface area contributed by atoms with Gasteiger partial charge in [0.1, 0.15) is 11.1 Å². The number of nitrogens with two attached hydrogens (primary N) is 1. The Kier molecular flexibility index (Phi) is 6.77. The second-order valence-corrected chi connectivity index (χ2v) is 9.27. The first kappa shape index (κ1) is 22.3. The van der Waals surface area contributed by atoms with Crippen molar-refractivity contribution in [2.24, 2.45) is 11.7 Å². The number of likely N-dealkylation sites (tertiary alicyclic amines) is 1. The number of nitrogens with zero attached hydrogens (tertiary/aromatic N) is 3. The number of nitriles is 1. The fourth-order valence-corrected chi connectivity index (χ4v) is 4.70. The summed E-state index contributed by atoms with van der Waals surface area (Å²) in [6, 6.07) is 11.7. The van der Waals surface area contributed by atoms with Crippen LogP contribution in [0, 0.1) is 17.2 Å². The van der Waals surface area contributed by atoms with Crippen molar-refractivity contribution in [1.82, 2.24) is 9.88 Å². The van der Waals surface area contributed by atoms with E-state index in [0.717, 1.165) is 56.6 Å². The lowest BCUT2D eigenvalue weighted by atomic mass is 9.96. The third-order valence-electron chi connectivity index (χ3n) is 6.13. The summed E-state index contributed by atoms with van der Waals surface area (Å²) in [5, 5.41) is 13.2. The number of piperidine rings is 1. The number of hydrogen-bond donors (Lipinski definition) is 2. The topological polar surface area (TPSA) is 112 Å². The molecule has 0 atom stereocenters. The van der Waals surface area contributed by atoms with Crippen molar-refractivity contribution in [2.75, 3.05) is 24.7 Å². The number of amides is 2. The molecule has 8 heteroatoms. The molecular formula is C24H27N5O2S. The molecule has 1 saturated carbocycles. The molecule has 32 heavy (non-hydrogen) atoms. The van der Waals surface area contributed by atoms with Crippen LogP contribution in [0.15, 0.2) is 35.4 Å². The van der Waals surface area contributed by atoms with E-state index in [0.29, 0.717) is 27.8 Å². The standard InChI is InChI=1S/C24H27N5O2S/c1-32-24-20(13-25)19(12-21(28-24)16-5-6-16)23(31)27-18-4-2-3-15(11-18)14-29-9-7-17(8-10-29)22(26)30/h2-4,11-12,16-17H,5-10,14H2,1H3,(H2,26,30)(H,27,31). The van der Waals surface area contributed by atoms with Gasteiger partial charge in [-0.15, -0.1) is 11.8 Å². The van der Waals surface area contributed by atoms with Crippen molar-refractivity contribution in [1.29, 1.82) is 5.26 Å². The smallest absolute Gasteiger partial charge is 0.257 e. The molecule has 0 radical (unpaired) electrons. The third-order valence-corrected chi connectivity index (χ3v) is 6.81. The summed E-state index contributed by atoms with van der Waals surface area (Å²) < 4.78 is 0. The van der Waals surface area contributed by atoms with E-state index in [1.54, 1.807) is 6.07 Å². The highest BCUT2D eigenvalue weighted by Gasteiger charge is 2.28. The van der Waals surface area contributed by atoms with Crippen molar-refractivity contribution in [3.63, 3.8) is 0 Å². The van der Waals surface area contributed by atoms with Crippen molar-refractivity contribution >= 4 is 29.3 Å². The maximum Gasteiger partial charge on any atom is 0.257 e. The Morgan fingerprint density at radius 1 is 1.25 bits per heavy atom. The number of carbonyl (C=O) groups excluding carboxylic acids is 2. The Morgan fingerprint density at radius 3 is 2.62 bits per heavy atom. The molecule has 0 unspecified atom stereocenters. The van der Waals surface area contributed by atoms with Gasteiger partial charge in [-0.25, -0.2) is 4.98 Å². The van der Waals surface area contributed by atoms with Gasteiger partial charge < -0.3 is 11.1 Å². The highest BCUT2D eigenvalue weighted by Crippen LogP contribution is 2.40. The van der Waals surface area contributed by atoms with Gasteiger partial charge in [-0.05, 0) is 68.8 Å². The van der Waals surface area contributed by atoms with Crippen molar-refractivity contribution < 1.29 is 9.59 Å². The molecule has 1 aliphatic heterocycles. The predicted molar refractivity (Wildman–Crippen MR) is 124 cm³/mol. The molecule has 1 aliphatic carbocycles. The number of primary amides is 1. The van der Waals surface area contributed by atoms with Crippen LogP contribution in [0.4, 0.5) is 5.69 Å². The van der Waals surface area contributed by atoms with Crippen LogP contribution in [0.5, 0.6) is 0 Å². The highest BCUT2D eigenvalue weighted by atomic mass is 32.2. The third kappa shape index (κ3) is 5.12. The first-order valence-electron chi connectivity index (χ1n) is 10.9. The molecule has 2 aromatic rings. The van der Waals surface area contributed by atoms with Crippen LogP contribution in [0.1, 0.15) is 58.8 Å². The fraction of sp³-hybridized carbons (Fsp3) is 0.417. The minimum Gasteiger partial charge on any atom is -0.369 e. The number of benzene rings is 1. The van der Waals surface area contributed by atoms with E-state index in [1.807, 2.05) is 30.5 Å². The second-order valence-electron chi connectivity index (χ2n) is 8.47. The van der Waals surface area contributed by atoms with E-state index in [4.69, 9.17) is 5.73 Å². The number of hydrogen-bond acceptors (Lipinski definition) is 6. The summed E-state index contributed by atoms with van der Waals surface area (Å²) in [7, 11) is 0. The Labute approximate surface area is 192 Å². The zero-order valence-corrected chi connectivity index (χ0v) is 19.0. The van der Waals surface area contributed by atoms with Crippen LogP contribution in [0.25, 0.3) is 0 Å². The molecule has 2 amide bonds. The van der Waals surface area contributed by atoms with E-state index in [-0.39, 0.29) is 17.7 Å². The van der Waals surface area contributed by atoms with Crippen molar-refractivity contribution in [3.8, 4) is 6.07 Å². The van der Waals surface area contributed by atoms with E-state index in [1.165, 1.54) is 11.8 Å². The molecule has 2 aliphatic rings. The van der Waals surface area contributed by atoms with Crippen molar-refractivity contribution in [3.05, 3.63) is 52.7 Å². The van der Waals surface area contributed by atoms with Gasteiger partial charge in [0, 0.05) is 29.8 Å². The molecule has 0 spiro atoms. The average molecular weight is 450 g/mol. The van der Waals surface area contributed by atoms with Crippen LogP contribution in [-0.4, -0.2) is 41.0 Å². The van der Waals surface area contributed by atoms with Crippen LogP contribution < -0.4 is 11.1 Å². The minimum absolute atomic E-state index is 0.0294. The zero-order valence-electron chi connectivity index (χ0n) is 18.1. The number of carbonyl (C=O) groups is 2.